The summed E-state index contributed by atoms with van der Waals surface area (Å²) in [7, 11) is 0. The molecule has 5 nitrogen and oxygen atoms in total. The maximum absolute atomic E-state index is 11.0. The minimum Gasteiger partial charge on any atom is -0.480 e. The van der Waals surface area contributed by atoms with Crippen molar-refractivity contribution in [2.45, 2.75) is 18.9 Å². The number of rotatable bonds is 9. The lowest BCUT2D eigenvalue weighted by Crippen LogP contribution is -2.42. The molecule has 3 N–H and O–H groups in total. The molecule has 0 saturated heterocycles. The van der Waals surface area contributed by atoms with Gasteiger partial charge in [-0.2, -0.15) is 0 Å². The fourth-order valence-corrected chi connectivity index (χ4v) is 1.40. The normalized spacial score (nSPS) is 12.1. The van der Waals surface area contributed by atoms with Crippen LogP contribution in [0.4, 0.5) is 0 Å². The predicted molar refractivity (Wildman–Crippen MR) is 61.8 cm³/mol. The van der Waals surface area contributed by atoms with Gasteiger partial charge in [-0.25, -0.2) is 0 Å². The number of carbonyl (C=O) groups is 2. The molecule has 1 atom stereocenters. The van der Waals surface area contributed by atoms with E-state index in [2.05, 4.69) is 13.2 Å². The van der Waals surface area contributed by atoms with E-state index in [0.717, 1.165) is 0 Å². The Kier molecular flexibility index (Phi) is 6.87. The number of carbonyl (C=O) groups excluding carboxylic acids is 1. The summed E-state index contributed by atoms with van der Waals surface area (Å²) < 4.78 is 0. The Labute approximate surface area is 95.2 Å². The summed E-state index contributed by atoms with van der Waals surface area (Å²) in [4.78, 5) is 23.3. The summed E-state index contributed by atoms with van der Waals surface area (Å²) in [5, 5.41) is 9.05. The minimum absolute atomic E-state index is 0.0573. The number of nitrogens with zero attached hydrogens (tertiary/aromatic N) is 1. The highest BCUT2D eigenvalue weighted by Gasteiger charge is 2.24. The smallest absolute Gasteiger partial charge is 0.320 e. The van der Waals surface area contributed by atoms with E-state index in [0.29, 0.717) is 13.1 Å². The average molecular weight is 226 g/mol. The van der Waals surface area contributed by atoms with Crippen molar-refractivity contribution in [2.24, 2.45) is 5.73 Å². The van der Waals surface area contributed by atoms with Gasteiger partial charge in [0.15, 0.2) is 0 Å². The van der Waals surface area contributed by atoms with E-state index in [4.69, 9.17) is 10.8 Å². The van der Waals surface area contributed by atoms with Crippen LogP contribution in [0.3, 0.4) is 0 Å². The molecule has 0 radical (unpaired) electrons. The molecule has 0 heterocycles. The lowest BCUT2D eigenvalue weighted by atomic mass is 10.1. The first-order chi connectivity index (χ1) is 7.52. The third kappa shape index (κ3) is 5.31. The standard InChI is InChI=1S/C11H18N2O3/c1-3-7-13(8-4-2)9(11(15)16)5-6-10(12)14/h3-4,9H,1-2,5-8H2,(H2,12,14)(H,15,16). The number of carboxylic acids is 1. The van der Waals surface area contributed by atoms with Crippen LogP contribution < -0.4 is 5.73 Å². The summed E-state index contributed by atoms with van der Waals surface area (Å²) in [6.45, 7) is 7.98. The second-order valence-corrected chi connectivity index (χ2v) is 3.39. The van der Waals surface area contributed by atoms with Crippen LogP contribution in [0.25, 0.3) is 0 Å². The van der Waals surface area contributed by atoms with Crippen molar-refractivity contribution >= 4 is 11.9 Å². The Balaban J connectivity index is 4.55. The Morgan fingerprint density at radius 1 is 1.31 bits per heavy atom. The van der Waals surface area contributed by atoms with Crippen molar-refractivity contribution in [2.75, 3.05) is 13.1 Å². The first kappa shape index (κ1) is 14.4. The fraction of sp³-hybridized carbons (Fsp3) is 0.455. The van der Waals surface area contributed by atoms with Crippen molar-refractivity contribution in [3.63, 3.8) is 0 Å². The van der Waals surface area contributed by atoms with Crippen LogP contribution >= 0.6 is 0 Å². The number of primary amides is 1. The number of nitrogens with two attached hydrogens (primary N) is 1. The second kappa shape index (κ2) is 7.64. The zero-order valence-electron chi connectivity index (χ0n) is 9.26. The van der Waals surface area contributed by atoms with Gasteiger partial charge in [-0.1, -0.05) is 12.2 Å². The summed E-state index contributed by atoms with van der Waals surface area (Å²) >= 11 is 0. The SMILES string of the molecule is C=CCN(CC=C)C(CCC(N)=O)C(=O)O. The Bertz CT molecular complexity index is 266. The van der Waals surface area contributed by atoms with Gasteiger partial charge in [-0.15, -0.1) is 13.2 Å². The van der Waals surface area contributed by atoms with Gasteiger partial charge in [-0.3, -0.25) is 14.5 Å². The number of amides is 1. The molecule has 0 aliphatic rings. The quantitative estimate of drug-likeness (QED) is 0.557. The third-order valence-corrected chi connectivity index (χ3v) is 2.12. The Morgan fingerprint density at radius 2 is 1.81 bits per heavy atom. The molecule has 90 valence electrons. The molecule has 1 amide bonds. The van der Waals surface area contributed by atoms with Crippen LogP contribution in [0.15, 0.2) is 25.3 Å². The number of hydrogen-bond donors (Lipinski definition) is 2. The van der Waals surface area contributed by atoms with E-state index in [1.165, 1.54) is 0 Å². The average Bonchev–Trinajstić information content (AvgIpc) is 2.17. The number of carboxylic acid groups (broad SMARTS) is 1. The number of hydrogen-bond acceptors (Lipinski definition) is 3. The van der Waals surface area contributed by atoms with E-state index in [-0.39, 0.29) is 12.8 Å². The maximum Gasteiger partial charge on any atom is 0.320 e. The monoisotopic (exact) mass is 226 g/mol. The topological polar surface area (TPSA) is 83.6 Å². The largest absolute Gasteiger partial charge is 0.480 e. The highest BCUT2D eigenvalue weighted by atomic mass is 16.4. The zero-order valence-corrected chi connectivity index (χ0v) is 9.26. The van der Waals surface area contributed by atoms with E-state index in [1.807, 2.05) is 0 Å². The third-order valence-electron chi connectivity index (χ3n) is 2.12. The molecular weight excluding hydrogens is 208 g/mol. The lowest BCUT2D eigenvalue weighted by molar-refractivity contribution is -0.143. The van der Waals surface area contributed by atoms with Crippen LogP contribution in [0.2, 0.25) is 0 Å². The second-order valence-electron chi connectivity index (χ2n) is 3.39. The summed E-state index contributed by atoms with van der Waals surface area (Å²) in [6.07, 6.45) is 3.49. The van der Waals surface area contributed by atoms with Gasteiger partial charge < -0.3 is 10.8 Å². The van der Waals surface area contributed by atoms with Gasteiger partial charge in [0.1, 0.15) is 6.04 Å². The first-order valence-corrected chi connectivity index (χ1v) is 4.99. The molecule has 5 heteroatoms. The zero-order chi connectivity index (χ0) is 12.6. The fourth-order valence-electron chi connectivity index (χ4n) is 1.40. The predicted octanol–water partition coefficient (Wildman–Crippen LogP) is 0.379. The van der Waals surface area contributed by atoms with Crippen molar-refractivity contribution in [3.05, 3.63) is 25.3 Å². The van der Waals surface area contributed by atoms with Crippen LogP contribution in [-0.2, 0) is 9.59 Å². The molecule has 0 spiro atoms. The van der Waals surface area contributed by atoms with Gasteiger partial charge >= 0.3 is 5.97 Å². The first-order valence-electron chi connectivity index (χ1n) is 4.99. The van der Waals surface area contributed by atoms with Crippen molar-refractivity contribution in [1.29, 1.82) is 0 Å². The highest BCUT2D eigenvalue weighted by Crippen LogP contribution is 2.08. The summed E-state index contributed by atoms with van der Waals surface area (Å²) in [5.41, 5.74) is 5.00. The molecule has 0 aliphatic carbocycles. The van der Waals surface area contributed by atoms with E-state index >= 15 is 0 Å². The molecular formula is C11H18N2O3. The van der Waals surface area contributed by atoms with Crippen LogP contribution in [0, 0.1) is 0 Å². The molecule has 0 aromatic rings. The molecule has 0 aliphatic heterocycles. The minimum atomic E-state index is -0.968. The maximum atomic E-state index is 11.0. The van der Waals surface area contributed by atoms with E-state index in [9.17, 15) is 9.59 Å². The van der Waals surface area contributed by atoms with Crippen LogP contribution in [0.1, 0.15) is 12.8 Å². The van der Waals surface area contributed by atoms with Gasteiger partial charge in [-0.05, 0) is 6.42 Å². The van der Waals surface area contributed by atoms with Crippen molar-refractivity contribution in [1.82, 2.24) is 4.90 Å². The molecule has 0 aromatic heterocycles. The van der Waals surface area contributed by atoms with Gasteiger partial charge in [0.25, 0.3) is 0 Å². The van der Waals surface area contributed by atoms with Crippen molar-refractivity contribution < 1.29 is 14.7 Å². The van der Waals surface area contributed by atoms with Crippen LogP contribution in [0.5, 0.6) is 0 Å². The Hall–Kier alpha value is -1.62. The van der Waals surface area contributed by atoms with E-state index < -0.39 is 17.9 Å². The van der Waals surface area contributed by atoms with Gasteiger partial charge in [0.05, 0.1) is 0 Å². The van der Waals surface area contributed by atoms with Gasteiger partial charge in [0, 0.05) is 19.5 Å². The highest BCUT2D eigenvalue weighted by molar-refractivity contribution is 5.77. The van der Waals surface area contributed by atoms with Crippen LogP contribution in [-0.4, -0.2) is 41.0 Å². The lowest BCUT2D eigenvalue weighted by Gasteiger charge is -2.26. The Morgan fingerprint density at radius 3 is 2.12 bits per heavy atom. The van der Waals surface area contributed by atoms with Gasteiger partial charge in [0.2, 0.25) is 5.91 Å². The molecule has 1 unspecified atom stereocenters. The summed E-state index contributed by atoms with van der Waals surface area (Å²) in [6, 6.07) is -0.733. The molecule has 16 heavy (non-hydrogen) atoms. The molecule has 0 rings (SSSR count). The molecule has 0 saturated carbocycles. The molecule has 0 bridgehead atoms. The van der Waals surface area contributed by atoms with Crippen molar-refractivity contribution in [3.8, 4) is 0 Å². The summed E-state index contributed by atoms with van der Waals surface area (Å²) in [5.74, 6) is -1.46. The molecule has 0 fully saturated rings. The molecule has 0 aromatic carbocycles. The van der Waals surface area contributed by atoms with E-state index in [1.54, 1.807) is 17.1 Å². The number of aliphatic carboxylic acids is 1.